The normalized spacial score (nSPS) is 15.9. The van der Waals surface area contributed by atoms with Gasteiger partial charge in [0.15, 0.2) is 0 Å². The number of likely N-dealkylation sites (tertiary alicyclic amines) is 1. The van der Waals surface area contributed by atoms with E-state index in [0.29, 0.717) is 0 Å². The molecule has 0 aliphatic carbocycles. The van der Waals surface area contributed by atoms with Crippen LogP contribution in [0.2, 0.25) is 0 Å². The highest BCUT2D eigenvalue weighted by atomic mass is 16.1. The fourth-order valence-corrected chi connectivity index (χ4v) is 3.55. The number of aromatic amines is 1. The lowest BCUT2D eigenvalue weighted by Crippen LogP contribution is -2.38. The van der Waals surface area contributed by atoms with E-state index in [-0.39, 0.29) is 11.8 Å². The van der Waals surface area contributed by atoms with Crippen molar-refractivity contribution in [2.45, 2.75) is 46.0 Å². The van der Waals surface area contributed by atoms with Crippen molar-refractivity contribution in [1.29, 1.82) is 0 Å². The number of piperidine rings is 1. The summed E-state index contributed by atoms with van der Waals surface area (Å²) in [4.78, 5) is 22.2. The molecule has 140 valence electrons. The molecule has 1 aliphatic heterocycles. The molecule has 26 heavy (non-hydrogen) atoms. The summed E-state index contributed by atoms with van der Waals surface area (Å²) in [5.74, 6) is 0.310. The lowest BCUT2D eigenvalue weighted by Gasteiger charge is -2.31. The van der Waals surface area contributed by atoms with E-state index < -0.39 is 0 Å². The van der Waals surface area contributed by atoms with Gasteiger partial charge in [0.2, 0.25) is 5.91 Å². The lowest BCUT2D eigenvalue weighted by molar-refractivity contribution is -0.121. The summed E-state index contributed by atoms with van der Waals surface area (Å²) in [6.45, 7) is 7.34. The molecule has 1 fully saturated rings. The second kappa shape index (κ2) is 8.99. The number of H-pyrrole nitrogens is 1. The SMILES string of the molecule is Cc1ccc(NC(=O)C2CCN(CCCCc3cnc[nH]3)CC2)cc1C. The highest BCUT2D eigenvalue weighted by molar-refractivity contribution is 5.92. The lowest BCUT2D eigenvalue weighted by atomic mass is 9.95. The fraction of sp³-hybridized carbons (Fsp3) is 0.524. The number of carbonyl (C=O) groups excluding carboxylic acids is 1. The van der Waals surface area contributed by atoms with Crippen molar-refractivity contribution in [2.75, 3.05) is 25.0 Å². The first-order chi connectivity index (χ1) is 12.6. The number of amides is 1. The second-order valence-electron chi connectivity index (χ2n) is 7.44. The van der Waals surface area contributed by atoms with Gasteiger partial charge in [0.25, 0.3) is 0 Å². The Morgan fingerprint density at radius 1 is 1.23 bits per heavy atom. The molecule has 2 heterocycles. The third-order valence-electron chi connectivity index (χ3n) is 5.46. The van der Waals surface area contributed by atoms with Gasteiger partial charge in [-0.05, 0) is 88.8 Å². The zero-order valence-electron chi connectivity index (χ0n) is 15.9. The van der Waals surface area contributed by atoms with Crippen molar-refractivity contribution in [2.24, 2.45) is 5.92 Å². The predicted octanol–water partition coefficient (Wildman–Crippen LogP) is 3.70. The van der Waals surface area contributed by atoms with E-state index in [0.717, 1.165) is 44.6 Å². The number of aromatic nitrogens is 2. The van der Waals surface area contributed by atoms with E-state index in [4.69, 9.17) is 0 Å². The summed E-state index contributed by atoms with van der Waals surface area (Å²) in [6.07, 6.45) is 8.99. The van der Waals surface area contributed by atoms with Crippen LogP contribution in [0.1, 0.15) is 42.5 Å². The number of anilines is 1. The van der Waals surface area contributed by atoms with Crippen LogP contribution in [0.25, 0.3) is 0 Å². The minimum atomic E-state index is 0.137. The van der Waals surface area contributed by atoms with Crippen molar-refractivity contribution < 1.29 is 4.79 Å². The Hall–Kier alpha value is -2.14. The predicted molar refractivity (Wildman–Crippen MR) is 105 cm³/mol. The molecule has 0 unspecified atom stereocenters. The molecule has 1 amide bonds. The molecule has 5 heteroatoms. The van der Waals surface area contributed by atoms with Gasteiger partial charge < -0.3 is 15.2 Å². The van der Waals surface area contributed by atoms with Crippen LogP contribution in [-0.2, 0) is 11.2 Å². The maximum atomic E-state index is 12.5. The quantitative estimate of drug-likeness (QED) is 0.745. The minimum Gasteiger partial charge on any atom is -0.348 e. The topological polar surface area (TPSA) is 61.0 Å². The van der Waals surface area contributed by atoms with Gasteiger partial charge in [0.05, 0.1) is 6.33 Å². The van der Waals surface area contributed by atoms with Gasteiger partial charge >= 0.3 is 0 Å². The number of hydrogen-bond donors (Lipinski definition) is 2. The number of nitrogens with one attached hydrogen (secondary N) is 2. The summed E-state index contributed by atoms with van der Waals surface area (Å²) in [7, 11) is 0. The molecule has 2 N–H and O–H groups in total. The van der Waals surface area contributed by atoms with Gasteiger partial charge in [-0.1, -0.05) is 6.07 Å². The minimum absolute atomic E-state index is 0.137. The van der Waals surface area contributed by atoms with E-state index in [2.05, 4.69) is 46.2 Å². The fourth-order valence-electron chi connectivity index (χ4n) is 3.55. The van der Waals surface area contributed by atoms with Crippen molar-refractivity contribution in [3.63, 3.8) is 0 Å². The highest BCUT2D eigenvalue weighted by Gasteiger charge is 2.24. The summed E-state index contributed by atoms with van der Waals surface area (Å²) in [6, 6.07) is 6.12. The Labute approximate surface area is 156 Å². The van der Waals surface area contributed by atoms with Crippen molar-refractivity contribution in [3.05, 3.63) is 47.5 Å². The van der Waals surface area contributed by atoms with Gasteiger partial charge in [0, 0.05) is 23.5 Å². The van der Waals surface area contributed by atoms with E-state index >= 15 is 0 Å². The second-order valence-corrected chi connectivity index (χ2v) is 7.44. The number of nitrogens with zero attached hydrogens (tertiary/aromatic N) is 2. The van der Waals surface area contributed by atoms with Gasteiger partial charge in [0.1, 0.15) is 0 Å². The first-order valence-electron chi connectivity index (χ1n) is 9.69. The monoisotopic (exact) mass is 354 g/mol. The Balaban J connectivity index is 1.36. The number of carbonyl (C=O) groups is 1. The molecule has 0 bridgehead atoms. The maximum Gasteiger partial charge on any atom is 0.227 e. The third-order valence-corrected chi connectivity index (χ3v) is 5.46. The van der Waals surface area contributed by atoms with Crippen LogP contribution in [-0.4, -0.2) is 40.4 Å². The molecule has 1 saturated heterocycles. The van der Waals surface area contributed by atoms with Crippen LogP contribution < -0.4 is 5.32 Å². The zero-order chi connectivity index (χ0) is 18.4. The number of rotatable bonds is 7. The Bertz CT molecular complexity index is 703. The molecule has 0 spiro atoms. The Kier molecular flexibility index (Phi) is 6.45. The maximum absolute atomic E-state index is 12.5. The average molecular weight is 354 g/mol. The number of aryl methyl sites for hydroxylation is 3. The number of benzene rings is 1. The molecule has 2 aromatic rings. The van der Waals surface area contributed by atoms with Gasteiger partial charge in [-0.15, -0.1) is 0 Å². The number of imidazole rings is 1. The molecule has 0 saturated carbocycles. The standard InChI is InChI=1S/C21H30N4O/c1-16-6-7-19(13-17(16)2)24-21(26)18-8-11-25(12-9-18)10-4-3-5-20-14-22-15-23-20/h6-7,13-15,18H,3-5,8-12H2,1-2H3,(H,22,23)(H,24,26). The summed E-state index contributed by atoms with van der Waals surface area (Å²) < 4.78 is 0. The van der Waals surface area contributed by atoms with Crippen LogP contribution in [0.3, 0.4) is 0 Å². The van der Waals surface area contributed by atoms with Gasteiger partial charge in [-0.3, -0.25) is 4.79 Å². The molecule has 1 aromatic heterocycles. The number of hydrogen-bond acceptors (Lipinski definition) is 3. The van der Waals surface area contributed by atoms with E-state index in [9.17, 15) is 4.79 Å². The average Bonchev–Trinajstić information content (AvgIpc) is 3.16. The first kappa shape index (κ1) is 18.6. The van der Waals surface area contributed by atoms with E-state index in [1.165, 1.54) is 29.7 Å². The summed E-state index contributed by atoms with van der Waals surface area (Å²) >= 11 is 0. The molecule has 0 radical (unpaired) electrons. The van der Waals surface area contributed by atoms with E-state index in [1.807, 2.05) is 12.3 Å². The van der Waals surface area contributed by atoms with Crippen molar-refractivity contribution in [3.8, 4) is 0 Å². The number of unbranched alkanes of at least 4 members (excludes halogenated alkanes) is 1. The molecule has 5 nitrogen and oxygen atoms in total. The smallest absolute Gasteiger partial charge is 0.227 e. The molecule has 3 rings (SSSR count). The summed E-state index contributed by atoms with van der Waals surface area (Å²) in [5.41, 5.74) is 4.60. The molecular weight excluding hydrogens is 324 g/mol. The zero-order valence-corrected chi connectivity index (χ0v) is 15.9. The van der Waals surface area contributed by atoms with Crippen molar-refractivity contribution >= 4 is 11.6 Å². The largest absolute Gasteiger partial charge is 0.348 e. The van der Waals surface area contributed by atoms with Crippen LogP contribution in [0.5, 0.6) is 0 Å². The van der Waals surface area contributed by atoms with Gasteiger partial charge in [-0.2, -0.15) is 0 Å². The van der Waals surface area contributed by atoms with Crippen molar-refractivity contribution in [1.82, 2.24) is 14.9 Å². The van der Waals surface area contributed by atoms with Gasteiger partial charge in [-0.25, -0.2) is 4.98 Å². The van der Waals surface area contributed by atoms with Crippen LogP contribution in [0.4, 0.5) is 5.69 Å². The molecule has 1 aliphatic rings. The Morgan fingerprint density at radius 2 is 2.04 bits per heavy atom. The van der Waals surface area contributed by atoms with Crippen LogP contribution in [0, 0.1) is 19.8 Å². The third kappa shape index (κ3) is 5.18. The molecular formula is C21H30N4O. The highest BCUT2D eigenvalue weighted by Crippen LogP contribution is 2.21. The van der Waals surface area contributed by atoms with Crippen LogP contribution in [0.15, 0.2) is 30.7 Å². The van der Waals surface area contributed by atoms with Crippen LogP contribution >= 0.6 is 0 Å². The molecule has 0 atom stereocenters. The molecule has 1 aromatic carbocycles. The Morgan fingerprint density at radius 3 is 2.73 bits per heavy atom. The summed E-state index contributed by atoms with van der Waals surface area (Å²) in [5, 5.41) is 3.10. The first-order valence-corrected chi connectivity index (χ1v) is 9.69. The van der Waals surface area contributed by atoms with E-state index in [1.54, 1.807) is 6.33 Å².